The first kappa shape index (κ1) is 13.9. The Labute approximate surface area is 109 Å². The summed E-state index contributed by atoms with van der Waals surface area (Å²) >= 11 is 0. The van der Waals surface area contributed by atoms with Gasteiger partial charge in [-0.05, 0) is 0 Å². The number of rotatable bonds is 4. The number of hydrogen-bond acceptors (Lipinski definition) is 5. The number of aromatic nitrogens is 5. The molecule has 10 heteroatoms. The summed E-state index contributed by atoms with van der Waals surface area (Å²) < 4.78 is 38.3. The van der Waals surface area contributed by atoms with E-state index in [-0.39, 0.29) is 16.1 Å². The predicted octanol–water partition coefficient (Wildman–Crippen LogP) is 0.760. The van der Waals surface area contributed by atoms with Crippen molar-refractivity contribution in [2.45, 2.75) is 19.6 Å². The van der Waals surface area contributed by atoms with Crippen LogP contribution in [0.25, 0.3) is 5.82 Å². The van der Waals surface area contributed by atoms with Crippen molar-refractivity contribution in [3.8, 4) is 5.82 Å². The lowest BCUT2D eigenvalue weighted by atomic mass is 10.3. The van der Waals surface area contributed by atoms with Gasteiger partial charge < -0.3 is 0 Å². The highest BCUT2D eigenvalue weighted by Crippen LogP contribution is 2.15. The van der Waals surface area contributed by atoms with Gasteiger partial charge in [0.25, 0.3) is 6.43 Å². The maximum absolute atomic E-state index is 13.2. The lowest BCUT2D eigenvalue weighted by Crippen LogP contribution is -2.29. The summed E-state index contributed by atoms with van der Waals surface area (Å²) in [5.74, 6) is -0.745. The third kappa shape index (κ3) is 2.31. The molecule has 0 N–H and O–H groups in total. The molecule has 1 unspecified atom stereocenters. The maximum Gasteiger partial charge on any atom is 0.354 e. The van der Waals surface area contributed by atoms with E-state index in [2.05, 4.69) is 15.1 Å². The quantitative estimate of drug-likeness (QED) is 0.775. The highest BCUT2D eigenvalue weighted by Gasteiger charge is 2.26. The molecular weight excluding hydrogens is 279 g/mol. The number of carbonyl (C=O) groups excluding carboxylic acids is 1. The van der Waals surface area contributed by atoms with Gasteiger partial charge in [0.1, 0.15) is 6.33 Å². The minimum Gasteiger partial charge on any atom is -0.293 e. The molecular formula is C10H8F3N5O2. The van der Waals surface area contributed by atoms with Gasteiger partial charge >= 0.3 is 5.69 Å². The van der Waals surface area contributed by atoms with E-state index in [9.17, 15) is 22.8 Å². The molecule has 0 aromatic carbocycles. The van der Waals surface area contributed by atoms with Crippen molar-refractivity contribution >= 4 is 5.78 Å². The molecule has 0 saturated carbocycles. The number of ketones is 1. The highest BCUT2D eigenvalue weighted by atomic mass is 19.3. The number of alkyl halides is 3. The molecule has 0 aliphatic rings. The average Bonchev–Trinajstić information content (AvgIpc) is 2.79. The Morgan fingerprint density at radius 2 is 1.90 bits per heavy atom. The average molecular weight is 287 g/mol. The summed E-state index contributed by atoms with van der Waals surface area (Å²) in [6, 6.07) is 0. The molecule has 0 radical (unpaired) electrons. The standard InChI is InChI=1S/C10H8F3N5O2/c1-5(19)6-9(15-3-2-14-6)18-10(20)17(4-16-18)8(13)7(11)12/h2-4,7-8H,1H3. The second kappa shape index (κ2) is 5.23. The van der Waals surface area contributed by atoms with Gasteiger partial charge in [-0.1, -0.05) is 0 Å². The number of carbonyl (C=O) groups is 1. The Bertz CT molecular complexity index is 696. The van der Waals surface area contributed by atoms with Gasteiger partial charge in [0.15, 0.2) is 17.3 Å². The first-order valence-electron chi connectivity index (χ1n) is 5.34. The molecule has 0 spiro atoms. The fourth-order valence-electron chi connectivity index (χ4n) is 1.49. The first-order chi connectivity index (χ1) is 9.43. The normalized spacial score (nSPS) is 12.7. The molecule has 20 heavy (non-hydrogen) atoms. The van der Waals surface area contributed by atoms with Crippen LogP contribution in [0.2, 0.25) is 0 Å². The Morgan fingerprint density at radius 1 is 1.25 bits per heavy atom. The first-order valence-corrected chi connectivity index (χ1v) is 5.34. The van der Waals surface area contributed by atoms with E-state index in [1.807, 2.05) is 0 Å². The molecule has 2 rings (SSSR count). The summed E-state index contributed by atoms with van der Waals surface area (Å²) in [5, 5.41) is 3.47. The van der Waals surface area contributed by atoms with E-state index in [0.29, 0.717) is 11.0 Å². The summed E-state index contributed by atoms with van der Waals surface area (Å²) in [4.78, 5) is 30.6. The van der Waals surface area contributed by atoms with Gasteiger partial charge in [-0.25, -0.2) is 32.5 Å². The van der Waals surface area contributed by atoms with Crippen molar-refractivity contribution < 1.29 is 18.0 Å². The zero-order chi connectivity index (χ0) is 14.9. The molecule has 2 aromatic heterocycles. The summed E-state index contributed by atoms with van der Waals surface area (Å²) in [7, 11) is 0. The van der Waals surface area contributed by atoms with Crippen LogP contribution in [-0.2, 0) is 0 Å². The molecule has 2 heterocycles. The van der Waals surface area contributed by atoms with Crippen molar-refractivity contribution in [2.24, 2.45) is 0 Å². The van der Waals surface area contributed by atoms with Crippen LogP contribution in [0.1, 0.15) is 23.7 Å². The van der Waals surface area contributed by atoms with Crippen molar-refractivity contribution in [1.29, 1.82) is 0 Å². The molecule has 0 fully saturated rings. The molecule has 2 aromatic rings. The fraction of sp³-hybridized carbons (Fsp3) is 0.300. The molecule has 1 atom stereocenters. The molecule has 0 amide bonds. The minimum atomic E-state index is -3.38. The van der Waals surface area contributed by atoms with Crippen molar-refractivity contribution in [3.05, 3.63) is 34.9 Å². The minimum absolute atomic E-state index is 0.114. The van der Waals surface area contributed by atoms with Crippen molar-refractivity contribution in [3.63, 3.8) is 0 Å². The molecule has 7 nitrogen and oxygen atoms in total. The van der Waals surface area contributed by atoms with Crippen LogP contribution in [0, 0.1) is 0 Å². The van der Waals surface area contributed by atoms with Gasteiger partial charge in [-0.15, -0.1) is 0 Å². The largest absolute Gasteiger partial charge is 0.354 e. The second-order valence-electron chi connectivity index (χ2n) is 3.72. The molecule has 106 valence electrons. The molecule has 0 aliphatic heterocycles. The monoisotopic (exact) mass is 287 g/mol. The smallest absolute Gasteiger partial charge is 0.293 e. The van der Waals surface area contributed by atoms with E-state index in [1.54, 1.807) is 0 Å². The van der Waals surface area contributed by atoms with Crippen LogP contribution in [0.5, 0.6) is 0 Å². The fourth-order valence-corrected chi connectivity index (χ4v) is 1.49. The number of hydrogen-bond donors (Lipinski definition) is 0. The Hall–Kier alpha value is -2.52. The Kier molecular flexibility index (Phi) is 3.63. The topological polar surface area (TPSA) is 82.7 Å². The summed E-state index contributed by atoms with van der Waals surface area (Å²) in [5.41, 5.74) is -1.35. The van der Waals surface area contributed by atoms with Gasteiger partial charge in [0.2, 0.25) is 6.30 Å². The zero-order valence-corrected chi connectivity index (χ0v) is 10.1. The molecule has 0 saturated heterocycles. The third-order valence-electron chi connectivity index (χ3n) is 2.38. The molecule has 0 bridgehead atoms. The van der Waals surface area contributed by atoms with Crippen LogP contribution in [0.3, 0.4) is 0 Å². The Morgan fingerprint density at radius 3 is 2.50 bits per heavy atom. The lowest BCUT2D eigenvalue weighted by molar-refractivity contribution is 0.00581. The van der Waals surface area contributed by atoms with E-state index in [0.717, 1.165) is 0 Å². The maximum atomic E-state index is 13.2. The van der Waals surface area contributed by atoms with Crippen molar-refractivity contribution in [1.82, 2.24) is 24.3 Å². The van der Waals surface area contributed by atoms with Crippen LogP contribution >= 0.6 is 0 Å². The zero-order valence-electron chi connectivity index (χ0n) is 10.1. The van der Waals surface area contributed by atoms with Crippen LogP contribution in [0.4, 0.5) is 13.2 Å². The predicted molar refractivity (Wildman–Crippen MR) is 59.6 cm³/mol. The second-order valence-corrected chi connectivity index (χ2v) is 3.72. The van der Waals surface area contributed by atoms with E-state index >= 15 is 0 Å². The number of Topliss-reactive ketones (excluding diaryl/α,β-unsaturated/α-hetero) is 1. The van der Waals surface area contributed by atoms with Crippen LogP contribution in [0.15, 0.2) is 23.5 Å². The summed E-state index contributed by atoms with van der Waals surface area (Å²) in [6.45, 7) is 1.19. The van der Waals surface area contributed by atoms with Crippen LogP contribution < -0.4 is 5.69 Å². The number of nitrogens with zero attached hydrogens (tertiary/aromatic N) is 5. The van der Waals surface area contributed by atoms with E-state index in [1.165, 1.54) is 19.3 Å². The Balaban J connectivity index is 2.56. The van der Waals surface area contributed by atoms with Gasteiger partial charge in [-0.3, -0.25) is 4.79 Å². The highest BCUT2D eigenvalue weighted by molar-refractivity contribution is 5.94. The van der Waals surface area contributed by atoms with Gasteiger partial charge in [0, 0.05) is 19.3 Å². The van der Waals surface area contributed by atoms with Crippen LogP contribution in [-0.4, -0.2) is 36.5 Å². The SMILES string of the molecule is CC(=O)c1nccnc1-n1ncn(C(F)C(F)F)c1=O. The van der Waals surface area contributed by atoms with E-state index in [4.69, 9.17) is 0 Å². The summed E-state index contributed by atoms with van der Waals surface area (Å²) in [6.07, 6.45) is -3.18. The van der Waals surface area contributed by atoms with Gasteiger partial charge in [-0.2, -0.15) is 9.78 Å². The lowest BCUT2D eigenvalue weighted by Gasteiger charge is -2.06. The van der Waals surface area contributed by atoms with E-state index < -0.39 is 24.2 Å². The number of halogens is 3. The van der Waals surface area contributed by atoms with Gasteiger partial charge in [0.05, 0.1) is 0 Å². The molecule has 0 aliphatic carbocycles. The van der Waals surface area contributed by atoms with Crippen molar-refractivity contribution in [2.75, 3.05) is 0 Å². The third-order valence-corrected chi connectivity index (χ3v) is 2.38.